The molecule has 2 aromatic rings. The van der Waals surface area contributed by atoms with Crippen molar-refractivity contribution >= 4 is 41.1 Å². The van der Waals surface area contributed by atoms with E-state index in [0.717, 1.165) is 11.6 Å². The fourth-order valence-corrected chi connectivity index (χ4v) is 2.42. The number of anilines is 1. The van der Waals surface area contributed by atoms with Crippen LogP contribution in [0.5, 0.6) is 5.75 Å². The van der Waals surface area contributed by atoms with Crippen molar-refractivity contribution in [1.29, 1.82) is 0 Å². The lowest BCUT2D eigenvalue weighted by atomic mass is 10.2. The second kappa shape index (κ2) is 11.0. The number of ether oxygens (including phenoxy) is 2. The number of rotatable bonds is 8. The van der Waals surface area contributed by atoms with Gasteiger partial charge in [-0.05, 0) is 48.9 Å². The van der Waals surface area contributed by atoms with E-state index in [9.17, 15) is 18.8 Å². The molecule has 2 aromatic carbocycles. The highest BCUT2D eigenvalue weighted by Crippen LogP contribution is 2.19. The summed E-state index contributed by atoms with van der Waals surface area (Å²) in [5.74, 6) is -1.84. The number of amides is 2. The molecule has 0 saturated heterocycles. The third-order valence-corrected chi connectivity index (χ3v) is 4.09. The molecule has 0 spiro atoms. The van der Waals surface area contributed by atoms with Gasteiger partial charge in [-0.15, -0.1) is 0 Å². The molecule has 0 radical (unpaired) electrons. The number of esters is 1. The summed E-state index contributed by atoms with van der Waals surface area (Å²) >= 11 is 5.63. The second-order valence-electron chi connectivity index (χ2n) is 6.12. The Kier molecular flexibility index (Phi) is 8.37. The Bertz CT molecular complexity index is 947. The minimum atomic E-state index is -0.967. The fourth-order valence-electron chi connectivity index (χ4n) is 2.24. The van der Waals surface area contributed by atoms with Crippen LogP contribution in [0, 0.1) is 5.82 Å². The fraction of sp³-hybridized carbons (Fsp3) is 0.190. The lowest BCUT2D eigenvalue weighted by molar-refractivity contribution is -0.149. The van der Waals surface area contributed by atoms with E-state index in [1.54, 1.807) is 37.5 Å². The van der Waals surface area contributed by atoms with E-state index < -0.39 is 36.2 Å². The lowest BCUT2D eigenvalue weighted by Gasteiger charge is -2.12. The van der Waals surface area contributed by atoms with Gasteiger partial charge >= 0.3 is 5.97 Å². The Morgan fingerprint density at radius 3 is 2.50 bits per heavy atom. The molecule has 158 valence electrons. The number of benzene rings is 2. The van der Waals surface area contributed by atoms with Gasteiger partial charge < -0.3 is 20.1 Å². The molecule has 0 aliphatic heterocycles. The number of nitrogens with one attached hydrogen (secondary N) is 2. The zero-order chi connectivity index (χ0) is 22.1. The Morgan fingerprint density at radius 2 is 1.87 bits per heavy atom. The standard InChI is InChI=1S/C21H20ClFN2O5/c1-13(24-19(26)10-5-14-3-7-16(29-2)8-4-14)21(28)30-12-20(27)25-15-6-9-18(23)17(22)11-15/h3-11,13H,12H2,1-2H3,(H,24,26)(H,25,27)/t13-/m0/s1. The summed E-state index contributed by atoms with van der Waals surface area (Å²) in [5, 5.41) is 4.71. The van der Waals surface area contributed by atoms with E-state index in [2.05, 4.69) is 10.6 Å². The van der Waals surface area contributed by atoms with Crippen molar-refractivity contribution in [3.8, 4) is 5.75 Å². The van der Waals surface area contributed by atoms with Crippen LogP contribution >= 0.6 is 11.6 Å². The third-order valence-electron chi connectivity index (χ3n) is 3.80. The first-order valence-corrected chi connectivity index (χ1v) is 9.20. The van der Waals surface area contributed by atoms with Crippen LogP contribution in [-0.2, 0) is 19.1 Å². The zero-order valence-electron chi connectivity index (χ0n) is 16.3. The van der Waals surface area contributed by atoms with E-state index >= 15 is 0 Å². The smallest absolute Gasteiger partial charge is 0.328 e. The van der Waals surface area contributed by atoms with Crippen LogP contribution in [0.3, 0.4) is 0 Å². The van der Waals surface area contributed by atoms with Gasteiger partial charge in [0.05, 0.1) is 12.1 Å². The van der Waals surface area contributed by atoms with Gasteiger partial charge in [-0.2, -0.15) is 0 Å². The predicted octanol–water partition coefficient (Wildman–Crippen LogP) is 3.19. The minimum absolute atomic E-state index is 0.149. The van der Waals surface area contributed by atoms with Crippen LogP contribution in [0.1, 0.15) is 12.5 Å². The Hall–Kier alpha value is -3.39. The minimum Gasteiger partial charge on any atom is -0.497 e. The van der Waals surface area contributed by atoms with Crippen LogP contribution in [-0.4, -0.2) is 37.5 Å². The first-order chi connectivity index (χ1) is 14.3. The molecule has 0 unspecified atom stereocenters. The van der Waals surface area contributed by atoms with Gasteiger partial charge in [0.2, 0.25) is 5.91 Å². The highest BCUT2D eigenvalue weighted by atomic mass is 35.5. The molecule has 0 bridgehead atoms. The molecule has 1 atom stereocenters. The second-order valence-corrected chi connectivity index (χ2v) is 6.53. The normalized spacial score (nSPS) is 11.6. The van der Waals surface area contributed by atoms with Crippen LogP contribution in [0.4, 0.5) is 10.1 Å². The van der Waals surface area contributed by atoms with E-state index in [1.807, 2.05) is 0 Å². The monoisotopic (exact) mass is 434 g/mol. The first kappa shape index (κ1) is 22.9. The lowest BCUT2D eigenvalue weighted by Crippen LogP contribution is -2.39. The zero-order valence-corrected chi connectivity index (χ0v) is 17.0. The summed E-state index contributed by atoms with van der Waals surface area (Å²) in [7, 11) is 1.56. The van der Waals surface area contributed by atoms with Gasteiger partial charge in [0.1, 0.15) is 17.6 Å². The third kappa shape index (κ3) is 7.21. The molecular weight excluding hydrogens is 415 g/mol. The van der Waals surface area contributed by atoms with Gasteiger partial charge in [-0.1, -0.05) is 23.7 Å². The molecule has 0 aliphatic rings. The average Bonchev–Trinajstić information content (AvgIpc) is 2.73. The summed E-state index contributed by atoms with van der Waals surface area (Å²) in [5.41, 5.74) is 1.03. The molecule has 30 heavy (non-hydrogen) atoms. The number of hydrogen-bond donors (Lipinski definition) is 2. The van der Waals surface area contributed by atoms with Crippen molar-refractivity contribution in [2.45, 2.75) is 13.0 Å². The van der Waals surface area contributed by atoms with Crippen molar-refractivity contribution in [1.82, 2.24) is 5.32 Å². The van der Waals surface area contributed by atoms with Crippen LogP contribution in [0.25, 0.3) is 6.08 Å². The maximum absolute atomic E-state index is 13.1. The molecular formula is C21H20ClFN2O5. The van der Waals surface area contributed by atoms with Gasteiger partial charge in [0, 0.05) is 11.8 Å². The van der Waals surface area contributed by atoms with Crippen LogP contribution < -0.4 is 15.4 Å². The summed E-state index contributed by atoms with van der Waals surface area (Å²) in [6.07, 6.45) is 2.85. The molecule has 0 heterocycles. The Balaban J connectivity index is 1.77. The van der Waals surface area contributed by atoms with Gasteiger partial charge in [0.25, 0.3) is 5.91 Å². The molecule has 0 aromatic heterocycles. The molecule has 7 nitrogen and oxygen atoms in total. The summed E-state index contributed by atoms with van der Waals surface area (Å²) in [6, 6.07) is 9.73. The van der Waals surface area contributed by atoms with Gasteiger partial charge in [-0.3, -0.25) is 9.59 Å². The van der Waals surface area contributed by atoms with E-state index in [4.69, 9.17) is 21.1 Å². The molecule has 0 saturated carbocycles. The highest BCUT2D eigenvalue weighted by Gasteiger charge is 2.17. The van der Waals surface area contributed by atoms with E-state index in [0.29, 0.717) is 5.75 Å². The molecule has 0 fully saturated rings. The molecule has 0 aliphatic carbocycles. The SMILES string of the molecule is COc1ccc(C=CC(=O)N[C@@H](C)C(=O)OCC(=O)Nc2ccc(F)c(Cl)c2)cc1. The number of hydrogen-bond acceptors (Lipinski definition) is 5. The largest absolute Gasteiger partial charge is 0.497 e. The van der Waals surface area contributed by atoms with Crippen molar-refractivity contribution in [3.05, 3.63) is 64.9 Å². The van der Waals surface area contributed by atoms with Crippen molar-refractivity contribution in [2.75, 3.05) is 19.0 Å². The van der Waals surface area contributed by atoms with E-state index in [1.165, 1.54) is 25.1 Å². The summed E-state index contributed by atoms with van der Waals surface area (Å²) < 4.78 is 23.0. The van der Waals surface area contributed by atoms with Crippen molar-refractivity contribution in [3.63, 3.8) is 0 Å². The number of methoxy groups -OCH3 is 1. The van der Waals surface area contributed by atoms with Crippen LogP contribution in [0.15, 0.2) is 48.5 Å². The molecule has 2 N–H and O–H groups in total. The topological polar surface area (TPSA) is 93.7 Å². The highest BCUT2D eigenvalue weighted by molar-refractivity contribution is 6.31. The Morgan fingerprint density at radius 1 is 1.17 bits per heavy atom. The maximum atomic E-state index is 13.1. The quantitative estimate of drug-likeness (QED) is 0.491. The molecule has 2 rings (SSSR count). The number of halogens is 2. The number of carbonyl (C=O) groups is 3. The van der Waals surface area contributed by atoms with Crippen molar-refractivity contribution < 1.29 is 28.2 Å². The summed E-state index contributed by atoms with van der Waals surface area (Å²) in [6.45, 7) is 0.856. The maximum Gasteiger partial charge on any atom is 0.328 e. The molecule has 2 amide bonds. The number of carbonyl (C=O) groups excluding carboxylic acids is 3. The van der Waals surface area contributed by atoms with E-state index in [-0.39, 0.29) is 10.7 Å². The summed E-state index contributed by atoms with van der Waals surface area (Å²) in [4.78, 5) is 35.7. The first-order valence-electron chi connectivity index (χ1n) is 8.82. The van der Waals surface area contributed by atoms with Gasteiger partial charge in [-0.25, -0.2) is 9.18 Å². The van der Waals surface area contributed by atoms with Gasteiger partial charge in [0.15, 0.2) is 6.61 Å². The molecule has 9 heteroatoms. The van der Waals surface area contributed by atoms with Crippen LogP contribution in [0.2, 0.25) is 5.02 Å². The Labute approximate surface area is 177 Å². The van der Waals surface area contributed by atoms with Crippen molar-refractivity contribution in [2.24, 2.45) is 0 Å². The average molecular weight is 435 g/mol. The predicted molar refractivity (Wildman–Crippen MR) is 111 cm³/mol.